The number of allylic oxidation sites excluding steroid dienone is 1. The molecule has 4 rings (SSSR count). The zero-order chi connectivity index (χ0) is 22.2. The van der Waals surface area contributed by atoms with Crippen molar-refractivity contribution < 1.29 is 9.18 Å². The summed E-state index contributed by atoms with van der Waals surface area (Å²) in [6.07, 6.45) is 4.96. The zero-order valence-corrected chi connectivity index (χ0v) is 17.7. The highest BCUT2D eigenvalue weighted by atomic mass is 19.1. The van der Waals surface area contributed by atoms with E-state index < -0.39 is 11.2 Å². The van der Waals surface area contributed by atoms with E-state index >= 15 is 0 Å². The lowest BCUT2D eigenvalue weighted by Crippen LogP contribution is -2.38. The van der Waals surface area contributed by atoms with Crippen molar-refractivity contribution >= 4 is 11.9 Å². The van der Waals surface area contributed by atoms with Crippen molar-refractivity contribution in [1.82, 2.24) is 0 Å². The largest absolute Gasteiger partial charge is 0.293 e. The first-order valence-corrected chi connectivity index (χ1v) is 10.7. The van der Waals surface area contributed by atoms with Crippen molar-refractivity contribution in [2.24, 2.45) is 0 Å². The maximum Gasteiger partial charge on any atom is 0.174 e. The molecule has 0 heterocycles. The molecule has 0 aromatic heterocycles. The monoisotopic (exact) mass is 419 g/mol. The third-order valence-corrected chi connectivity index (χ3v) is 5.71. The third-order valence-electron chi connectivity index (χ3n) is 5.71. The van der Waals surface area contributed by atoms with E-state index in [0.717, 1.165) is 16.7 Å². The van der Waals surface area contributed by atoms with Crippen LogP contribution in [0.15, 0.2) is 115 Å². The van der Waals surface area contributed by atoms with Gasteiger partial charge in [0.15, 0.2) is 5.78 Å². The van der Waals surface area contributed by atoms with Crippen LogP contribution in [0.3, 0.4) is 0 Å². The van der Waals surface area contributed by atoms with Crippen LogP contribution in [0.1, 0.15) is 33.5 Å². The van der Waals surface area contributed by atoms with Crippen LogP contribution in [0.4, 0.5) is 4.39 Å². The van der Waals surface area contributed by atoms with E-state index in [4.69, 9.17) is 0 Å². The van der Waals surface area contributed by atoms with Gasteiger partial charge in [-0.05, 0) is 35.6 Å². The van der Waals surface area contributed by atoms with Crippen LogP contribution in [0.25, 0.3) is 6.08 Å². The average Bonchev–Trinajstić information content (AvgIpc) is 2.85. The highest BCUT2D eigenvalue weighted by Gasteiger charge is 2.39. The first kappa shape index (κ1) is 21.5. The number of halogens is 1. The molecular weight excluding hydrogens is 395 g/mol. The summed E-state index contributed by atoms with van der Waals surface area (Å²) in [6.45, 7) is 0. The molecule has 0 aliphatic carbocycles. The smallest absolute Gasteiger partial charge is 0.174 e. The Hall–Kier alpha value is -3.78. The maximum atomic E-state index is 14.1. The Morgan fingerprint density at radius 1 is 0.844 bits per heavy atom. The summed E-state index contributed by atoms with van der Waals surface area (Å²) >= 11 is 0. The molecule has 1 nitrogen and oxygen atoms in total. The predicted molar refractivity (Wildman–Crippen MR) is 128 cm³/mol. The molecule has 0 N–H and O–H groups in total. The van der Waals surface area contributed by atoms with E-state index in [1.54, 1.807) is 6.07 Å². The topological polar surface area (TPSA) is 17.1 Å². The zero-order valence-electron chi connectivity index (χ0n) is 17.7. The predicted octanol–water partition coefficient (Wildman–Crippen LogP) is 7.09. The van der Waals surface area contributed by atoms with Gasteiger partial charge < -0.3 is 0 Å². The Kier molecular flexibility index (Phi) is 6.72. The summed E-state index contributed by atoms with van der Waals surface area (Å²) < 4.78 is 14.0. The highest BCUT2D eigenvalue weighted by molar-refractivity contribution is 6.04. The number of hydrogen-bond donors (Lipinski definition) is 0. The second-order valence-corrected chi connectivity index (χ2v) is 7.88. The van der Waals surface area contributed by atoms with Crippen LogP contribution in [-0.4, -0.2) is 5.78 Å². The fraction of sp³-hybridized carbons (Fsp3) is 0.100. The van der Waals surface area contributed by atoms with Crippen molar-refractivity contribution in [2.75, 3.05) is 0 Å². The van der Waals surface area contributed by atoms with Gasteiger partial charge in [0.05, 0.1) is 5.41 Å². The van der Waals surface area contributed by atoms with Crippen molar-refractivity contribution in [3.8, 4) is 0 Å². The molecule has 0 spiro atoms. The average molecular weight is 420 g/mol. The van der Waals surface area contributed by atoms with E-state index in [9.17, 15) is 9.18 Å². The van der Waals surface area contributed by atoms with Crippen LogP contribution >= 0.6 is 0 Å². The van der Waals surface area contributed by atoms with Gasteiger partial charge in [-0.15, -0.1) is 0 Å². The number of ketones is 1. The van der Waals surface area contributed by atoms with Gasteiger partial charge in [0, 0.05) is 11.6 Å². The molecule has 1 atom stereocenters. The van der Waals surface area contributed by atoms with Crippen LogP contribution in [-0.2, 0) is 11.8 Å². The molecule has 157 valence electrons. The summed E-state index contributed by atoms with van der Waals surface area (Å²) in [7, 11) is 0. The quantitative estimate of drug-likeness (QED) is 0.279. The van der Waals surface area contributed by atoms with Gasteiger partial charge in [-0.25, -0.2) is 4.39 Å². The number of hydrogen-bond acceptors (Lipinski definition) is 1. The number of carbonyl (C=O) groups is 1. The van der Waals surface area contributed by atoms with Gasteiger partial charge in [0.1, 0.15) is 5.82 Å². The molecule has 0 saturated heterocycles. The fourth-order valence-corrected chi connectivity index (χ4v) is 4.12. The van der Waals surface area contributed by atoms with E-state index in [0.29, 0.717) is 18.4 Å². The molecule has 2 heteroatoms. The van der Waals surface area contributed by atoms with Gasteiger partial charge >= 0.3 is 0 Å². The second kappa shape index (κ2) is 10.0. The van der Waals surface area contributed by atoms with Gasteiger partial charge in [-0.1, -0.05) is 115 Å². The molecular formula is C30H24FO. The van der Waals surface area contributed by atoms with E-state index in [1.165, 1.54) is 6.07 Å². The SMILES string of the molecule is O=C(c1ccccc1)C(C/C=C/c1ccccc1)(Cc1cc[c]c(F)c1)c1ccccc1. The number of rotatable bonds is 8. The minimum atomic E-state index is -0.873. The van der Waals surface area contributed by atoms with Gasteiger partial charge in [-0.3, -0.25) is 4.79 Å². The lowest BCUT2D eigenvalue weighted by molar-refractivity contribution is 0.0882. The van der Waals surface area contributed by atoms with Crippen LogP contribution in [0, 0.1) is 11.9 Å². The van der Waals surface area contributed by atoms with Crippen LogP contribution in [0.2, 0.25) is 0 Å². The molecule has 0 aliphatic heterocycles. The van der Waals surface area contributed by atoms with Crippen molar-refractivity contribution in [3.05, 3.63) is 149 Å². The standard InChI is InChI=1S/C30H24FO/c31-28-20-10-14-25(22-28)23-30(27-18-8-3-9-19-27,29(32)26-16-6-2-7-17-26)21-11-15-24-12-4-1-5-13-24/h1-19,22H,21,23H2/b15-11+. The third kappa shape index (κ3) is 4.92. The van der Waals surface area contributed by atoms with Gasteiger partial charge in [0.2, 0.25) is 0 Å². The maximum absolute atomic E-state index is 14.1. The van der Waals surface area contributed by atoms with Crippen molar-refractivity contribution in [2.45, 2.75) is 18.3 Å². The van der Waals surface area contributed by atoms with Crippen LogP contribution in [0.5, 0.6) is 0 Å². The molecule has 0 bridgehead atoms. The van der Waals surface area contributed by atoms with E-state index in [2.05, 4.69) is 12.1 Å². The number of carbonyl (C=O) groups excluding carboxylic acids is 1. The molecule has 4 aromatic carbocycles. The molecule has 1 unspecified atom stereocenters. The molecule has 4 aromatic rings. The summed E-state index contributed by atoms with van der Waals surface area (Å²) in [6, 6.07) is 36.6. The Balaban J connectivity index is 1.82. The normalized spacial score (nSPS) is 13.0. The van der Waals surface area contributed by atoms with Crippen molar-refractivity contribution in [1.29, 1.82) is 0 Å². The van der Waals surface area contributed by atoms with E-state index in [-0.39, 0.29) is 5.78 Å². The minimum Gasteiger partial charge on any atom is -0.293 e. The summed E-state index contributed by atoms with van der Waals surface area (Å²) in [5.41, 5.74) is 2.53. The first-order valence-electron chi connectivity index (χ1n) is 10.7. The molecule has 1 radical (unpaired) electrons. The summed E-state index contributed by atoms with van der Waals surface area (Å²) in [5.74, 6) is -0.397. The highest BCUT2D eigenvalue weighted by Crippen LogP contribution is 2.37. The number of Topliss-reactive ketones (excluding diaryl/α,β-unsaturated/α-hetero) is 1. The summed E-state index contributed by atoms with van der Waals surface area (Å²) in [5, 5.41) is 0. The number of benzene rings is 4. The Labute approximate surface area is 188 Å². The Morgan fingerprint density at radius 3 is 2.12 bits per heavy atom. The Bertz CT molecular complexity index is 1180. The van der Waals surface area contributed by atoms with Crippen molar-refractivity contribution in [3.63, 3.8) is 0 Å². The van der Waals surface area contributed by atoms with Gasteiger partial charge in [0.25, 0.3) is 0 Å². The first-order chi connectivity index (χ1) is 15.7. The minimum absolute atomic E-state index is 0.0234. The summed E-state index contributed by atoms with van der Waals surface area (Å²) in [4.78, 5) is 14.1. The van der Waals surface area contributed by atoms with Crippen LogP contribution < -0.4 is 0 Å². The van der Waals surface area contributed by atoms with Gasteiger partial charge in [-0.2, -0.15) is 0 Å². The fourth-order valence-electron chi connectivity index (χ4n) is 4.12. The molecule has 0 amide bonds. The van der Waals surface area contributed by atoms with E-state index in [1.807, 2.05) is 103 Å². The molecule has 0 saturated carbocycles. The molecule has 0 aliphatic rings. The lowest BCUT2D eigenvalue weighted by Gasteiger charge is -2.33. The lowest BCUT2D eigenvalue weighted by atomic mass is 9.68. The molecule has 32 heavy (non-hydrogen) atoms. The second-order valence-electron chi connectivity index (χ2n) is 7.88. The molecule has 0 fully saturated rings. The Morgan fingerprint density at radius 2 is 1.47 bits per heavy atom.